The number of hydrogen-bond donors (Lipinski definition) is 2. The highest BCUT2D eigenvalue weighted by molar-refractivity contribution is 6.07. The van der Waals surface area contributed by atoms with E-state index in [-0.39, 0.29) is 11.1 Å². The van der Waals surface area contributed by atoms with E-state index in [0.717, 1.165) is 19.5 Å². The molecule has 1 fully saturated rings. The van der Waals surface area contributed by atoms with E-state index in [1.54, 1.807) is 7.05 Å². The van der Waals surface area contributed by atoms with Crippen LogP contribution in [0.3, 0.4) is 0 Å². The summed E-state index contributed by atoms with van der Waals surface area (Å²) in [5.41, 5.74) is -0.0368. The minimum absolute atomic E-state index is 0.0323. The lowest BCUT2D eigenvalue weighted by atomic mass is 10.1. The molecule has 1 heterocycles. The Morgan fingerprint density at radius 2 is 1.90 bits per heavy atom. The van der Waals surface area contributed by atoms with Crippen molar-refractivity contribution in [3.05, 3.63) is 11.1 Å². The maximum Gasteiger partial charge on any atom is 0.331 e. The molecule has 2 N–H and O–H groups in total. The molecule has 1 rings (SSSR count). The summed E-state index contributed by atoms with van der Waals surface area (Å²) in [5, 5.41) is 11.0. The zero-order valence-electron chi connectivity index (χ0n) is 13.0. The number of likely N-dealkylation sites (tertiary alicyclic amines) is 1. The van der Waals surface area contributed by atoms with E-state index < -0.39 is 17.9 Å². The number of aliphatic carboxylic acids is 1. The quantitative estimate of drug-likeness (QED) is 0.739. The molecule has 0 bridgehead atoms. The highest BCUT2D eigenvalue weighted by Gasteiger charge is 2.24. The van der Waals surface area contributed by atoms with Gasteiger partial charge in [-0.15, -0.1) is 0 Å². The Bertz CT molecular complexity index is 473. The monoisotopic (exact) mass is 297 g/mol. The average molecular weight is 297 g/mol. The van der Waals surface area contributed by atoms with Gasteiger partial charge in [-0.25, -0.2) is 9.59 Å². The van der Waals surface area contributed by atoms with E-state index in [4.69, 9.17) is 5.11 Å². The van der Waals surface area contributed by atoms with Crippen molar-refractivity contribution in [2.75, 3.05) is 33.7 Å². The Morgan fingerprint density at radius 1 is 1.29 bits per heavy atom. The van der Waals surface area contributed by atoms with Gasteiger partial charge in [-0.2, -0.15) is 0 Å². The molecule has 1 unspecified atom stereocenters. The van der Waals surface area contributed by atoms with Crippen LogP contribution in [0.25, 0.3) is 0 Å². The fourth-order valence-corrected chi connectivity index (χ4v) is 2.26. The van der Waals surface area contributed by atoms with Gasteiger partial charge < -0.3 is 14.9 Å². The lowest BCUT2D eigenvalue weighted by Crippen LogP contribution is -2.43. The first-order valence-electron chi connectivity index (χ1n) is 6.88. The summed E-state index contributed by atoms with van der Waals surface area (Å²) in [5.74, 6) is -1.44. The number of carboxylic acids is 1. The van der Waals surface area contributed by atoms with E-state index in [0.29, 0.717) is 12.5 Å². The van der Waals surface area contributed by atoms with Crippen molar-refractivity contribution < 1.29 is 19.5 Å². The predicted molar refractivity (Wildman–Crippen MR) is 77.8 cm³/mol. The molecule has 7 nitrogen and oxygen atoms in total. The molecular weight excluding hydrogens is 274 g/mol. The van der Waals surface area contributed by atoms with E-state index in [2.05, 4.69) is 10.2 Å². The third kappa shape index (κ3) is 4.86. The molecule has 1 aliphatic heterocycles. The van der Waals surface area contributed by atoms with Crippen LogP contribution in [0.2, 0.25) is 0 Å². The number of rotatable bonds is 4. The molecule has 1 saturated heterocycles. The molecule has 0 aromatic carbocycles. The van der Waals surface area contributed by atoms with Crippen LogP contribution < -0.4 is 5.32 Å². The highest BCUT2D eigenvalue weighted by Crippen LogP contribution is 2.15. The summed E-state index contributed by atoms with van der Waals surface area (Å²) in [7, 11) is 3.66. The molecule has 21 heavy (non-hydrogen) atoms. The van der Waals surface area contributed by atoms with Crippen LogP contribution in [0, 0.1) is 5.92 Å². The first kappa shape index (κ1) is 17.2. The maximum atomic E-state index is 11.9. The smallest absolute Gasteiger partial charge is 0.331 e. The van der Waals surface area contributed by atoms with E-state index in [9.17, 15) is 14.4 Å². The predicted octanol–water partition coefficient (Wildman–Crippen LogP) is 0.527. The molecule has 3 amide bonds. The van der Waals surface area contributed by atoms with Crippen molar-refractivity contribution in [3.8, 4) is 0 Å². The lowest BCUT2D eigenvalue weighted by Gasteiger charge is -2.21. The van der Waals surface area contributed by atoms with Gasteiger partial charge in [-0.1, -0.05) is 0 Å². The molecule has 0 aromatic rings. The van der Waals surface area contributed by atoms with Gasteiger partial charge in [0.25, 0.3) is 5.91 Å². The number of carbonyl (C=O) groups excluding carboxylic acids is 2. The minimum Gasteiger partial charge on any atom is -0.478 e. The van der Waals surface area contributed by atoms with Crippen molar-refractivity contribution in [1.29, 1.82) is 0 Å². The molecule has 118 valence electrons. The van der Waals surface area contributed by atoms with Crippen molar-refractivity contribution in [3.63, 3.8) is 0 Å². The largest absolute Gasteiger partial charge is 0.478 e. The van der Waals surface area contributed by atoms with Crippen LogP contribution in [0.15, 0.2) is 11.1 Å². The molecule has 1 atom stereocenters. The maximum absolute atomic E-state index is 11.9. The van der Waals surface area contributed by atoms with Crippen LogP contribution >= 0.6 is 0 Å². The molecule has 0 radical (unpaired) electrons. The second-order valence-corrected chi connectivity index (χ2v) is 5.61. The molecule has 0 aliphatic carbocycles. The van der Waals surface area contributed by atoms with Gasteiger partial charge in [0.05, 0.1) is 0 Å². The van der Waals surface area contributed by atoms with Gasteiger partial charge in [0, 0.05) is 31.3 Å². The second kappa shape index (κ2) is 7.21. The van der Waals surface area contributed by atoms with Crippen LogP contribution in [0.4, 0.5) is 4.79 Å². The van der Waals surface area contributed by atoms with Gasteiger partial charge in [-0.3, -0.25) is 10.1 Å². The van der Waals surface area contributed by atoms with Crippen LogP contribution in [-0.4, -0.2) is 66.5 Å². The van der Waals surface area contributed by atoms with Crippen molar-refractivity contribution >= 4 is 17.9 Å². The summed E-state index contributed by atoms with van der Waals surface area (Å²) in [6.45, 7) is 5.24. The minimum atomic E-state index is -1.17. The number of carbonyl (C=O) groups is 3. The van der Waals surface area contributed by atoms with Crippen molar-refractivity contribution in [2.24, 2.45) is 5.92 Å². The summed E-state index contributed by atoms with van der Waals surface area (Å²) in [4.78, 5) is 38.2. The Kier molecular flexibility index (Phi) is 5.90. The van der Waals surface area contributed by atoms with Crippen LogP contribution in [-0.2, 0) is 9.59 Å². The number of carboxylic acid groups (broad SMARTS) is 1. The number of nitrogens with zero attached hydrogens (tertiary/aromatic N) is 2. The SMILES string of the molecule is CC(C(=O)O)=C(C)C(=O)NC(=O)N(C)CC1CCN(C)C1. The third-order valence-corrected chi connectivity index (χ3v) is 3.81. The Balaban J connectivity index is 2.54. The zero-order chi connectivity index (χ0) is 16.2. The molecule has 0 aromatic heterocycles. The number of nitrogens with one attached hydrogen (secondary N) is 1. The number of amides is 3. The second-order valence-electron chi connectivity index (χ2n) is 5.61. The van der Waals surface area contributed by atoms with Crippen molar-refractivity contribution in [2.45, 2.75) is 20.3 Å². The first-order chi connectivity index (χ1) is 9.72. The standard InChI is InChI=1S/C14H23N3O4/c1-9(10(2)13(19)20)12(18)15-14(21)17(4)8-11-5-6-16(3)7-11/h11H,5-8H2,1-4H3,(H,19,20)(H,15,18,21). The molecule has 7 heteroatoms. The van der Waals surface area contributed by atoms with Gasteiger partial charge in [0.2, 0.25) is 0 Å². The number of hydrogen-bond acceptors (Lipinski definition) is 4. The van der Waals surface area contributed by atoms with Crippen LogP contribution in [0.5, 0.6) is 0 Å². The van der Waals surface area contributed by atoms with Gasteiger partial charge in [0.15, 0.2) is 0 Å². The zero-order valence-corrected chi connectivity index (χ0v) is 13.0. The Morgan fingerprint density at radius 3 is 2.38 bits per heavy atom. The molecule has 1 aliphatic rings. The first-order valence-corrected chi connectivity index (χ1v) is 6.88. The summed E-state index contributed by atoms with van der Waals surface area (Å²) >= 11 is 0. The van der Waals surface area contributed by atoms with Crippen molar-refractivity contribution in [1.82, 2.24) is 15.1 Å². The fourth-order valence-electron chi connectivity index (χ4n) is 2.26. The average Bonchev–Trinajstić information content (AvgIpc) is 2.81. The Hall–Kier alpha value is -1.89. The topological polar surface area (TPSA) is 89.9 Å². The van der Waals surface area contributed by atoms with E-state index in [1.807, 2.05) is 7.05 Å². The summed E-state index contributed by atoms with van der Waals surface area (Å²) in [6, 6.07) is -0.507. The number of urea groups is 1. The Labute approximate surface area is 124 Å². The fraction of sp³-hybridized carbons (Fsp3) is 0.643. The van der Waals surface area contributed by atoms with Gasteiger partial charge >= 0.3 is 12.0 Å². The third-order valence-electron chi connectivity index (χ3n) is 3.81. The van der Waals surface area contributed by atoms with E-state index >= 15 is 0 Å². The normalized spacial score (nSPS) is 19.9. The van der Waals surface area contributed by atoms with E-state index in [1.165, 1.54) is 18.7 Å². The summed E-state index contributed by atoms with van der Waals surface area (Å²) < 4.78 is 0. The molecule has 0 spiro atoms. The number of imide groups is 1. The van der Waals surface area contributed by atoms with Crippen LogP contribution in [0.1, 0.15) is 20.3 Å². The van der Waals surface area contributed by atoms with Gasteiger partial charge in [-0.05, 0) is 39.8 Å². The lowest BCUT2D eigenvalue weighted by molar-refractivity contribution is -0.133. The molecular formula is C14H23N3O4. The molecule has 0 saturated carbocycles. The summed E-state index contributed by atoms with van der Waals surface area (Å²) in [6.07, 6.45) is 1.03. The van der Waals surface area contributed by atoms with Gasteiger partial charge in [0.1, 0.15) is 0 Å². The highest BCUT2D eigenvalue weighted by atomic mass is 16.4.